The van der Waals surface area contributed by atoms with Crippen LogP contribution < -0.4 is 9.64 Å². The van der Waals surface area contributed by atoms with Crippen molar-refractivity contribution in [2.45, 2.75) is 41.5 Å². The third-order valence-electron chi connectivity index (χ3n) is 6.38. The van der Waals surface area contributed by atoms with E-state index in [1.54, 1.807) is 18.2 Å². The average Bonchev–Trinajstić information content (AvgIpc) is 2.81. The van der Waals surface area contributed by atoms with Gasteiger partial charge in [-0.25, -0.2) is 0 Å². The van der Waals surface area contributed by atoms with Gasteiger partial charge in [-0.2, -0.15) is 0 Å². The second kappa shape index (κ2) is 9.26. The van der Waals surface area contributed by atoms with Crippen molar-refractivity contribution in [2.75, 3.05) is 4.90 Å². The first-order valence-corrected chi connectivity index (χ1v) is 11.5. The van der Waals surface area contributed by atoms with E-state index in [9.17, 15) is 15.3 Å². The van der Waals surface area contributed by atoms with E-state index < -0.39 is 0 Å². The Hall–Kier alpha value is -4.12. The first-order chi connectivity index (χ1) is 16.6. The highest BCUT2D eigenvalue weighted by molar-refractivity contribution is 5.82. The fourth-order valence-electron chi connectivity index (χ4n) is 4.24. The fraction of sp³-hybridized carbons (Fsp3) is 0.200. The van der Waals surface area contributed by atoms with Gasteiger partial charge in [-0.05, 0) is 112 Å². The number of anilines is 3. The molecule has 4 aromatic rings. The second-order valence-corrected chi connectivity index (χ2v) is 9.14. The lowest BCUT2D eigenvalue weighted by Gasteiger charge is -2.30. The summed E-state index contributed by atoms with van der Waals surface area (Å²) in [6.07, 6.45) is 0. The summed E-state index contributed by atoms with van der Waals surface area (Å²) >= 11 is 0. The maximum absolute atomic E-state index is 10.3. The quantitative estimate of drug-likeness (QED) is 0.277. The molecule has 5 heteroatoms. The standard InChI is InChI=1S/C30H31NO4/c1-17-10-11-27(32)22(6)30(17)35-24-9-7-8-23(16-24)31(25-12-20(4)28(33)14-18(25)2)26-13-21(5)29(34)15-19(26)3/h7-16,32-34H,1-6H3. The van der Waals surface area contributed by atoms with Crippen LogP contribution >= 0.6 is 0 Å². The number of phenolic OH excluding ortho intramolecular Hbond substituents is 3. The molecule has 0 aliphatic heterocycles. The molecule has 0 spiro atoms. The van der Waals surface area contributed by atoms with E-state index >= 15 is 0 Å². The average molecular weight is 470 g/mol. The Kier molecular flexibility index (Phi) is 6.35. The van der Waals surface area contributed by atoms with Crippen LogP contribution in [0, 0.1) is 41.5 Å². The highest BCUT2D eigenvalue weighted by atomic mass is 16.5. The molecule has 0 saturated heterocycles. The molecule has 180 valence electrons. The summed E-state index contributed by atoms with van der Waals surface area (Å²) in [5.74, 6) is 1.94. The molecule has 35 heavy (non-hydrogen) atoms. The predicted molar refractivity (Wildman–Crippen MR) is 141 cm³/mol. The SMILES string of the molecule is Cc1cc(N(c2cccc(Oc3c(C)ccc(O)c3C)c2)c2cc(C)c(O)cc2C)c(C)cc1O. The van der Waals surface area contributed by atoms with E-state index in [4.69, 9.17) is 4.74 Å². The highest BCUT2D eigenvalue weighted by Gasteiger charge is 2.20. The summed E-state index contributed by atoms with van der Waals surface area (Å²) in [6.45, 7) is 11.5. The molecule has 0 atom stereocenters. The molecule has 0 radical (unpaired) electrons. The molecule has 3 N–H and O–H groups in total. The summed E-state index contributed by atoms with van der Waals surface area (Å²) in [4.78, 5) is 2.11. The minimum atomic E-state index is 0.189. The molecule has 4 rings (SSSR count). The normalized spacial score (nSPS) is 10.9. The maximum Gasteiger partial charge on any atom is 0.136 e. The second-order valence-electron chi connectivity index (χ2n) is 9.14. The third-order valence-corrected chi connectivity index (χ3v) is 6.38. The van der Waals surface area contributed by atoms with E-state index in [1.807, 2.05) is 84.0 Å². The molecular weight excluding hydrogens is 438 g/mol. The maximum atomic E-state index is 10.3. The van der Waals surface area contributed by atoms with Gasteiger partial charge in [-0.3, -0.25) is 0 Å². The predicted octanol–water partition coefficient (Wildman–Crippen LogP) is 7.92. The fourth-order valence-corrected chi connectivity index (χ4v) is 4.24. The zero-order valence-electron chi connectivity index (χ0n) is 21.0. The molecule has 0 saturated carbocycles. The van der Waals surface area contributed by atoms with Crippen molar-refractivity contribution < 1.29 is 20.1 Å². The van der Waals surface area contributed by atoms with Gasteiger partial charge >= 0.3 is 0 Å². The van der Waals surface area contributed by atoms with Gasteiger partial charge in [0.15, 0.2) is 0 Å². The number of hydrogen-bond donors (Lipinski definition) is 3. The number of hydrogen-bond acceptors (Lipinski definition) is 5. The van der Waals surface area contributed by atoms with Crippen LogP contribution in [-0.4, -0.2) is 15.3 Å². The lowest BCUT2D eigenvalue weighted by molar-refractivity contribution is 0.446. The monoisotopic (exact) mass is 469 g/mol. The van der Waals surface area contributed by atoms with E-state index in [0.717, 1.165) is 44.9 Å². The molecule has 0 unspecified atom stereocenters. The third kappa shape index (κ3) is 4.62. The first-order valence-electron chi connectivity index (χ1n) is 11.5. The Balaban J connectivity index is 1.90. The Morgan fingerprint density at radius 3 is 1.71 bits per heavy atom. The van der Waals surface area contributed by atoms with Gasteiger partial charge in [0.05, 0.1) is 0 Å². The molecule has 0 bridgehead atoms. The number of aromatic hydroxyl groups is 3. The molecule has 0 aliphatic carbocycles. The van der Waals surface area contributed by atoms with Gasteiger partial charge < -0.3 is 25.0 Å². The van der Waals surface area contributed by atoms with Gasteiger partial charge in [-0.1, -0.05) is 12.1 Å². The summed E-state index contributed by atoms with van der Waals surface area (Å²) in [5, 5.41) is 30.7. The first kappa shape index (κ1) is 24.0. The van der Waals surface area contributed by atoms with Crippen LogP contribution in [0.3, 0.4) is 0 Å². The topological polar surface area (TPSA) is 73.2 Å². The van der Waals surface area contributed by atoms with Crippen molar-refractivity contribution in [3.8, 4) is 28.7 Å². The van der Waals surface area contributed by atoms with Crippen molar-refractivity contribution in [1.82, 2.24) is 0 Å². The molecule has 5 nitrogen and oxygen atoms in total. The minimum Gasteiger partial charge on any atom is -0.508 e. The highest BCUT2D eigenvalue weighted by Crippen LogP contribution is 2.43. The van der Waals surface area contributed by atoms with Crippen LogP contribution in [0.4, 0.5) is 17.1 Å². The minimum absolute atomic E-state index is 0.189. The van der Waals surface area contributed by atoms with Gasteiger partial charge in [-0.15, -0.1) is 0 Å². The molecule has 0 amide bonds. The Morgan fingerprint density at radius 2 is 1.14 bits per heavy atom. The van der Waals surface area contributed by atoms with E-state index in [2.05, 4.69) is 4.90 Å². The van der Waals surface area contributed by atoms with Crippen molar-refractivity contribution in [3.05, 3.63) is 94.0 Å². The van der Waals surface area contributed by atoms with Crippen molar-refractivity contribution in [2.24, 2.45) is 0 Å². The number of nitrogens with zero attached hydrogens (tertiary/aromatic N) is 1. The summed E-state index contributed by atoms with van der Waals surface area (Å²) in [7, 11) is 0. The zero-order valence-corrected chi connectivity index (χ0v) is 21.0. The molecule has 0 aliphatic rings. The van der Waals surface area contributed by atoms with Crippen molar-refractivity contribution in [1.29, 1.82) is 0 Å². The molecular formula is C30H31NO4. The number of rotatable bonds is 5. The van der Waals surface area contributed by atoms with Crippen molar-refractivity contribution in [3.63, 3.8) is 0 Å². The molecule has 0 heterocycles. The summed E-state index contributed by atoms with van der Waals surface area (Å²) < 4.78 is 6.26. The zero-order chi connectivity index (χ0) is 25.4. The van der Waals surface area contributed by atoms with Crippen LogP contribution in [0.2, 0.25) is 0 Å². The van der Waals surface area contributed by atoms with E-state index in [1.165, 1.54) is 0 Å². The van der Waals surface area contributed by atoms with Gasteiger partial charge in [0, 0.05) is 28.7 Å². The Morgan fingerprint density at radius 1 is 0.571 bits per heavy atom. The Labute approximate surface area is 206 Å². The molecule has 4 aromatic carbocycles. The Bertz CT molecular complexity index is 1370. The number of aryl methyl sites for hydroxylation is 5. The van der Waals surface area contributed by atoms with Gasteiger partial charge in [0.25, 0.3) is 0 Å². The van der Waals surface area contributed by atoms with Gasteiger partial charge in [0.2, 0.25) is 0 Å². The largest absolute Gasteiger partial charge is 0.508 e. The van der Waals surface area contributed by atoms with Crippen LogP contribution in [0.15, 0.2) is 60.7 Å². The number of ether oxygens (including phenoxy) is 1. The van der Waals surface area contributed by atoms with Crippen LogP contribution in [0.25, 0.3) is 0 Å². The van der Waals surface area contributed by atoms with Crippen LogP contribution in [0.1, 0.15) is 33.4 Å². The van der Waals surface area contributed by atoms with E-state index in [-0.39, 0.29) is 17.2 Å². The lowest BCUT2D eigenvalue weighted by Crippen LogP contribution is -2.13. The van der Waals surface area contributed by atoms with Crippen LogP contribution in [0.5, 0.6) is 28.7 Å². The van der Waals surface area contributed by atoms with Crippen molar-refractivity contribution >= 4 is 17.1 Å². The summed E-state index contributed by atoms with van der Waals surface area (Å²) in [5.41, 5.74) is 7.64. The molecule has 0 fully saturated rings. The van der Waals surface area contributed by atoms with Crippen LogP contribution in [-0.2, 0) is 0 Å². The van der Waals surface area contributed by atoms with E-state index in [0.29, 0.717) is 17.1 Å². The number of phenols is 3. The lowest BCUT2D eigenvalue weighted by atomic mass is 10.0. The molecule has 0 aromatic heterocycles. The van der Waals surface area contributed by atoms with Gasteiger partial charge in [0.1, 0.15) is 28.7 Å². The smallest absolute Gasteiger partial charge is 0.136 e. The number of benzene rings is 4. The summed E-state index contributed by atoms with van der Waals surface area (Å²) in [6, 6.07) is 18.7.